The lowest BCUT2D eigenvalue weighted by Crippen LogP contribution is -2.19. The van der Waals surface area contributed by atoms with Gasteiger partial charge in [0.05, 0.1) is 5.02 Å². The highest BCUT2D eigenvalue weighted by Gasteiger charge is 2.12. The molecule has 0 aliphatic rings. The fourth-order valence-corrected chi connectivity index (χ4v) is 2.18. The number of nitrogens with one attached hydrogen (secondary N) is 1. The summed E-state index contributed by atoms with van der Waals surface area (Å²) in [6, 6.07) is 7.11. The fraction of sp³-hybridized carbons (Fsp3) is 0.267. The van der Waals surface area contributed by atoms with Gasteiger partial charge >= 0.3 is 0 Å². The standard InChI is InChI=1S/C15H16ClFN2/c1-10-5-12(9-19-8-10)15(18-2)7-11-3-4-13(16)14(17)6-11/h3-6,8-9,15,18H,7H2,1-2H3. The molecule has 19 heavy (non-hydrogen) atoms. The molecular formula is C15H16ClFN2. The van der Waals surface area contributed by atoms with Gasteiger partial charge in [0.15, 0.2) is 0 Å². The Bertz CT molecular complexity index is 572. The van der Waals surface area contributed by atoms with E-state index in [1.807, 2.05) is 32.4 Å². The van der Waals surface area contributed by atoms with E-state index in [9.17, 15) is 4.39 Å². The molecule has 0 bridgehead atoms. The van der Waals surface area contributed by atoms with Gasteiger partial charge in [-0.25, -0.2) is 4.39 Å². The first-order valence-electron chi connectivity index (χ1n) is 6.13. The number of likely N-dealkylation sites (N-methyl/N-ethyl adjacent to an activating group) is 1. The Hall–Kier alpha value is -1.45. The van der Waals surface area contributed by atoms with E-state index in [2.05, 4.69) is 16.4 Å². The molecule has 1 heterocycles. The van der Waals surface area contributed by atoms with E-state index in [4.69, 9.17) is 11.6 Å². The summed E-state index contributed by atoms with van der Waals surface area (Å²) in [5, 5.41) is 3.39. The second-order valence-corrected chi connectivity index (χ2v) is 5.00. The van der Waals surface area contributed by atoms with Gasteiger partial charge < -0.3 is 5.32 Å². The maximum Gasteiger partial charge on any atom is 0.142 e. The summed E-state index contributed by atoms with van der Waals surface area (Å²) < 4.78 is 13.4. The smallest absolute Gasteiger partial charge is 0.142 e. The quantitative estimate of drug-likeness (QED) is 0.923. The van der Waals surface area contributed by atoms with Gasteiger partial charge in [0.1, 0.15) is 5.82 Å². The zero-order chi connectivity index (χ0) is 13.8. The third kappa shape index (κ3) is 3.52. The summed E-state index contributed by atoms with van der Waals surface area (Å²) in [5.41, 5.74) is 3.11. The summed E-state index contributed by atoms with van der Waals surface area (Å²) in [6.07, 6.45) is 4.34. The van der Waals surface area contributed by atoms with Crippen molar-refractivity contribution >= 4 is 11.6 Å². The van der Waals surface area contributed by atoms with E-state index in [-0.39, 0.29) is 16.9 Å². The first kappa shape index (κ1) is 14.0. The number of aromatic nitrogens is 1. The molecule has 1 aromatic heterocycles. The molecule has 2 rings (SSSR count). The number of hydrogen-bond donors (Lipinski definition) is 1. The normalized spacial score (nSPS) is 12.4. The van der Waals surface area contributed by atoms with Crippen LogP contribution in [0.15, 0.2) is 36.7 Å². The first-order valence-corrected chi connectivity index (χ1v) is 6.50. The van der Waals surface area contributed by atoms with Gasteiger partial charge in [0, 0.05) is 18.4 Å². The van der Waals surface area contributed by atoms with Gasteiger partial charge in [0.2, 0.25) is 0 Å². The van der Waals surface area contributed by atoms with E-state index in [1.165, 1.54) is 6.07 Å². The molecule has 4 heteroatoms. The number of nitrogens with zero attached hydrogens (tertiary/aromatic N) is 1. The molecule has 1 atom stereocenters. The molecule has 1 N–H and O–H groups in total. The van der Waals surface area contributed by atoms with Crippen molar-refractivity contribution < 1.29 is 4.39 Å². The molecule has 0 saturated heterocycles. The topological polar surface area (TPSA) is 24.9 Å². The Morgan fingerprint density at radius 1 is 1.32 bits per heavy atom. The minimum atomic E-state index is -0.378. The van der Waals surface area contributed by atoms with Crippen LogP contribution in [0.4, 0.5) is 4.39 Å². The number of aryl methyl sites for hydroxylation is 1. The molecule has 2 nitrogen and oxygen atoms in total. The fourth-order valence-electron chi connectivity index (χ4n) is 2.06. The highest BCUT2D eigenvalue weighted by molar-refractivity contribution is 6.30. The zero-order valence-electron chi connectivity index (χ0n) is 11.0. The molecule has 0 saturated carbocycles. The summed E-state index contributed by atoms with van der Waals surface area (Å²) in [5.74, 6) is -0.378. The SMILES string of the molecule is CNC(Cc1ccc(Cl)c(F)c1)c1cncc(C)c1. The van der Waals surface area contributed by atoms with E-state index < -0.39 is 0 Å². The second-order valence-electron chi connectivity index (χ2n) is 4.59. The Labute approximate surface area is 117 Å². The van der Waals surface area contributed by atoms with Crippen LogP contribution in [-0.2, 0) is 6.42 Å². The van der Waals surface area contributed by atoms with Crippen LogP contribution in [0.2, 0.25) is 5.02 Å². The Balaban J connectivity index is 2.21. The summed E-state index contributed by atoms with van der Waals surface area (Å²) in [4.78, 5) is 4.19. The first-order chi connectivity index (χ1) is 9.10. The van der Waals surface area contributed by atoms with Crippen molar-refractivity contribution in [3.8, 4) is 0 Å². The molecule has 0 aliphatic heterocycles. The minimum absolute atomic E-state index is 0.105. The van der Waals surface area contributed by atoms with Gasteiger partial charge in [-0.2, -0.15) is 0 Å². The van der Waals surface area contributed by atoms with E-state index in [0.29, 0.717) is 6.42 Å². The molecule has 0 amide bonds. The van der Waals surface area contributed by atoms with E-state index >= 15 is 0 Å². The van der Waals surface area contributed by atoms with Gasteiger partial charge in [-0.3, -0.25) is 4.98 Å². The Morgan fingerprint density at radius 2 is 2.11 bits per heavy atom. The molecule has 1 aromatic carbocycles. The lowest BCUT2D eigenvalue weighted by Gasteiger charge is -2.17. The average Bonchev–Trinajstić information content (AvgIpc) is 2.40. The molecule has 0 spiro atoms. The Morgan fingerprint density at radius 3 is 2.74 bits per heavy atom. The number of benzene rings is 1. The molecule has 1 unspecified atom stereocenters. The van der Waals surface area contributed by atoms with Crippen LogP contribution in [0.3, 0.4) is 0 Å². The summed E-state index contributed by atoms with van der Waals surface area (Å²) in [7, 11) is 1.89. The molecule has 2 aromatic rings. The highest BCUT2D eigenvalue weighted by Crippen LogP contribution is 2.21. The van der Waals surface area contributed by atoms with Gasteiger partial charge in [-0.15, -0.1) is 0 Å². The van der Waals surface area contributed by atoms with Crippen LogP contribution in [0, 0.1) is 12.7 Å². The van der Waals surface area contributed by atoms with Crippen LogP contribution in [0.5, 0.6) is 0 Å². The third-order valence-corrected chi connectivity index (χ3v) is 3.38. The monoisotopic (exact) mass is 278 g/mol. The van der Waals surface area contributed by atoms with Crippen molar-refractivity contribution in [1.29, 1.82) is 0 Å². The van der Waals surface area contributed by atoms with Crippen LogP contribution in [0.1, 0.15) is 22.7 Å². The predicted octanol–water partition coefficient (Wildman–Crippen LogP) is 3.69. The average molecular weight is 279 g/mol. The van der Waals surface area contributed by atoms with Crippen LogP contribution in [0.25, 0.3) is 0 Å². The predicted molar refractivity (Wildman–Crippen MR) is 75.9 cm³/mol. The number of rotatable bonds is 4. The summed E-state index contributed by atoms with van der Waals surface area (Å²) in [6.45, 7) is 2.01. The minimum Gasteiger partial charge on any atom is -0.313 e. The van der Waals surface area contributed by atoms with Crippen molar-refractivity contribution in [3.05, 3.63) is 64.2 Å². The molecular weight excluding hydrogens is 263 g/mol. The van der Waals surface area contributed by atoms with Crippen molar-refractivity contribution in [2.45, 2.75) is 19.4 Å². The molecule has 0 aliphatic carbocycles. The lowest BCUT2D eigenvalue weighted by molar-refractivity contribution is 0.582. The number of hydrogen-bond acceptors (Lipinski definition) is 2. The maximum absolute atomic E-state index is 13.4. The highest BCUT2D eigenvalue weighted by atomic mass is 35.5. The maximum atomic E-state index is 13.4. The van der Waals surface area contributed by atoms with Crippen molar-refractivity contribution in [2.24, 2.45) is 0 Å². The van der Waals surface area contributed by atoms with Gasteiger partial charge in [-0.1, -0.05) is 23.7 Å². The van der Waals surface area contributed by atoms with Crippen molar-refractivity contribution in [3.63, 3.8) is 0 Å². The number of pyridine rings is 1. The van der Waals surface area contributed by atoms with Gasteiger partial charge in [-0.05, 0) is 49.2 Å². The zero-order valence-corrected chi connectivity index (χ0v) is 11.7. The lowest BCUT2D eigenvalue weighted by atomic mass is 9.99. The van der Waals surface area contributed by atoms with E-state index in [1.54, 1.807) is 6.07 Å². The summed E-state index contributed by atoms with van der Waals surface area (Å²) >= 11 is 5.69. The molecule has 0 radical (unpaired) electrons. The van der Waals surface area contributed by atoms with Crippen molar-refractivity contribution in [1.82, 2.24) is 10.3 Å². The molecule has 0 fully saturated rings. The van der Waals surface area contributed by atoms with Crippen LogP contribution in [-0.4, -0.2) is 12.0 Å². The second kappa shape index (κ2) is 6.13. The van der Waals surface area contributed by atoms with Crippen LogP contribution < -0.4 is 5.32 Å². The van der Waals surface area contributed by atoms with Crippen LogP contribution >= 0.6 is 11.6 Å². The number of halogens is 2. The van der Waals surface area contributed by atoms with Gasteiger partial charge in [0.25, 0.3) is 0 Å². The molecule has 100 valence electrons. The third-order valence-electron chi connectivity index (χ3n) is 3.07. The Kier molecular flexibility index (Phi) is 4.51. The van der Waals surface area contributed by atoms with Crippen molar-refractivity contribution in [2.75, 3.05) is 7.05 Å². The largest absolute Gasteiger partial charge is 0.313 e. The van der Waals surface area contributed by atoms with E-state index in [0.717, 1.165) is 16.7 Å².